The van der Waals surface area contributed by atoms with Gasteiger partial charge in [-0.15, -0.1) is 0 Å². The first-order valence-corrected chi connectivity index (χ1v) is 20.1. The maximum absolute atomic E-state index is 2.58. The molecule has 0 unspecified atom stereocenters. The minimum absolute atomic E-state index is 1.25. The van der Waals surface area contributed by atoms with Gasteiger partial charge in [0.2, 0.25) is 0 Å². The van der Waals surface area contributed by atoms with Gasteiger partial charge in [-0.25, -0.2) is 0 Å². The molecule has 0 nitrogen and oxygen atoms in total. The molecule has 0 aliphatic carbocycles. The van der Waals surface area contributed by atoms with Crippen molar-refractivity contribution in [1.29, 1.82) is 0 Å². The molecule has 1 rings (SSSR count). The summed E-state index contributed by atoms with van der Waals surface area (Å²) in [5, 5.41) is 0. The third-order valence-electron chi connectivity index (χ3n) is 4.69. The fourth-order valence-corrected chi connectivity index (χ4v) is 24.5. The van der Waals surface area contributed by atoms with E-state index >= 15 is 0 Å². The fourth-order valence-electron chi connectivity index (χ4n) is 3.10. The van der Waals surface area contributed by atoms with Crippen LogP contribution in [0.25, 0.3) is 0 Å². The Morgan fingerprint density at radius 1 is 0.542 bits per heavy atom. The average Bonchev–Trinajstić information content (AvgIpc) is 2.62. The van der Waals surface area contributed by atoms with E-state index in [4.69, 9.17) is 0 Å². The zero-order valence-corrected chi connectivity index (χ0v) is 21.8. The second-order valence-electron chi connectivity index (χ2n) is 6.88. The molecule has 0 saturated carbocycles. The summed E-state index contributed by atoms with van der Waals surface area (Å²) in [6, 6.07) is 9.87. The normalized spacial score (nSPS) is 11.6. The summed E-state index contributed by atoms with van der Waals surface area (Å²) in [4.78, 5) is 0. The van der Waals surface area contributed by atoms with Crippen molar-refractivity contribution in [2.75, 3.05) is 0 Å². The van der Waals surface area contributed by atoms with Gasteiger partial charge in [0, 0.05) is 0 Å². The van der Waals surface area contributed by atoms with Crippen LogP contribution in [-0.4, -0.2) is 40.4 Å². The SMILES string of the molecule is CCC[CH2][Sb]([CH2]CCC)[c]1cccc[c]1[Sb]([CH2]CCC)[CH2]CCC. The van der Waals surface area contributed by atoms with Gasteiger partial charge in [-0.3, -0.25) is 0 Å². The summed E-state index contributed by atoms with van der Waals surface area (Å²) < 4.78 is 10.3. The van der Waals surface area contributed by atoms with Crippen LogP contribution in [0.1, 0.15) is 79.1 Å². The first-order chi connectivity index (χ1) is 11.8. The first kappa shape index (κ1) is 22.9. The number of unbranched alkanes of at least 4 members (excludes halogenated alkanes) is 4. The number of hydrogen-bond donors (Lipinski definition) is 0. The molecule has 0 aromatic heterocycles. The van der Waals surface area contributed by atoms with Gasteiger partial charge in [0.25, 0.3) is 0 Å². The average molecular weight is 548 g/mol. The van der Waals surface area contributed by atoms with Gasteiger partial charge in [0.05, 0.1) is 0 Å². The van der Waals surface area contributed by atoms with Crippen LogP contribution in [-0.2, 0) is 0 Å². The first-order valence-electron chi connectivity index (χ1n) is 10.4. The van der Waals surface area contributed by atoms with Gasteiger partial charge in [-0.2, -0.15) is 0 Å². The molecule has 24 heavy (non-hydrogen) atoms. The van der Waals surface area contributed by atoms with Gasteiger partial charge in [-0.05, 0) is 0 Å². The molecule has 2 heteroatoms. The molecule has 0 aliphatic rings. The molecule has 0 radical (unpaired) electrons. The maximum atomic E-state index is 2.58. The van der Waals surface area contributed by atoms with E-state index in [1.165, 1.54) is 51.4 Å². The summed E-state index contributed by atoms with van der Waals surface area (Å²) in [7, 11) is 0. The summed E-state index contributed by atoms with van der Waals surface area (Å²) in [5.74, 6) is 0. The molecular formula is C22H40Sb2. The molecular weight excluding hydrogens is 508 g/mol. The third kappa shape index (κ3) is 8.49. The van der Waals surface area contributed by atoms with Crippen molar-refractivity contribution in [3.8, 4) is 0 Å². The molecule has 0 spiro atoms. The molecule has 0 aliphatic heterocycles. The summed E-state index contributed by atoms with van der Waals surface area (Å²) in [5.41, 5.74) is 0. The van der Waals surface area contributed by atoms with Crippen LogP contribution < -0.4 is 7.02 Å². The van der Waals surface area contributed by atoms with E-state index < -0.39 is 40.4 Å². The molecule has 0 bridgehead atoms. The zero-order valence-electron chi connectivity index (χ0n) is 16.7. The van der Waals surface area contributed by atoms with Gasteiger partial charge >= 0.3 is 168 Å². The van der Waals surface area contributed by atoms with Crippen LogP contribution >= 0.6 is 0 Å². The molecule has 0 heterocycles. The summed E-state index contributed by atoms with van der Waals surface area (Å²) in [6.07, 6.45) is 11.4. The van der Waals surface area contributed by atoms with E-state index in [0.717, 1.165) is 0 Å². The summed E-state index contributed by atoms with van der Waals surface area (Å²) in [6.45, 7) is 9.47. The van der Waals surface area contributed by atoms with Crippen molar-refractivity contribution in [2.45, 2.75) is 96.5 Å². The monoisotopic (exact) mass is 546 g/mol. The van der Waals surface area contributed by atoms with Crippen molar-refractivity contribution < 1.29 is 0 Å². The Hall–Kier alpha value is 0.856. The van der Waals surface area contributed by atoms with E-state index in [2.05, 4.69) is 52.0 Å². The molecule has 1 aromatic carbocycles. The quantitative estimate of drug-likeness (QED) is 0.240. The predicted molar refractivity (Wildman–Crippen MR) is 116 cm³/mol. The molecule has 0 atom stereocenters. The number of benzene rings is 1. The van der Waals surface area contributed by atoms with Crippen LogP contribution in [0.2, 0.25) is 17.5 Å². The van der Waals surface area contributed by atoms with Gasteiger partial charge in [0.1, 0.15) is 0 Å². The molecule has 0 fully saturated rings. The Labute approximate surface area is 167 Å². The molecule has 138 valence electrons. The van der Waals surface area contributed by atoms with Crippen LogP contribution in [0.3, 0.4) is 0 Å². The Balaban J connectivity index is 3.01. The van der Waals surface area contributed by atoms with Crippen molar-refractivity contribution in [3.05, 3.63) is 24.3 Å². The van der Waals surface area contributed by atoms with Gasteiger partial charge in [-0.1, -0.05) is 0 Å². The molecule has 0 saturated heterocycles. The Kier molecular flexibility index (Phi) is 14.3. The zero-order chi connectivity index (χ0) is 17.6. The molecule has 0 amide bonds. The van der Waals surface area contributed by atoms with Crippen LogP contribution in [0.5, 0.6) is 0 Å². The van der Waals surface area contributed by atoms with E-state index in [0.29, 0.717) is 0 Å². The minimum atomic E-state index is -1.25. The third-order valence-corrected chi connectivity index (χ3v) is 22.1. The standard InChI is InChI=1S/C6H4.4C4H9.2Sb/c1-2-4-6-5-3-1;4*1-3-4-2;;/h1-4H;4*1,3-4H2,2H3;;. The Morgan fingerprint density at radius 2 is 0.833 bits per heavy atom. The van der Waals surface area contributed by atoms with Crippen molar-refractivity contribution in [1.82, 2.24) is 0 Å². The van der Waals surface area contributed by atoms with E-state index in [9.17, 15) is 0 Å². The van der Waals surface area contributed by atoms with Crippen molar-refractivity contribution >= 4 is 47.4 Å². The Bertz CT molecular complexity index is 361. The van der Waals surface area contributed by atoms with E-state index in [1.54, 1.807) is 17.5 Å². The van der Waals surface area contributed by atoms with Crippen LogP contribution in [0.4, 0.5) is 0 Å². The second kappa shape index (κ2) is 15.0. The second-order valence-corrected chi connectivity index (χ2v) is 20.9. The number of rotatable bonds is 14. The summed E-state index contributed by atoms with van der Waals surface area (Å²) >= 11 is -2.50. The molecule has 0 N–H and O–H groups in total. The van der Waals surface area contributed by atoms with Crippen molar-refractivity contribution in [2.24, 2.45) is 0 Å². The van der Waals surface area contributed by atoms with Gasteiger partial charge < -0.3 is 0 Å². The fraction of sp³-hybridized carbons (Fsp3) is 0.727. The van der Waals surface area contributed by atoms with E-state index in [-0.39, 0.29) is 0 Å². The van der Waals surface area contributed by atoms with Gasteiger partial charge in [0.15, 0.2) is 0 Å². The molecule has 1 aromatic rings. The number of hydrogen-bond acceptors (Lipinski definition) is 0. The predicted octanol–water partition coefficient (Wildman–Crippen LogP) is 6.29. The van der Waals surface area contributed by atoms with E-state index in [1.807, 2.05) is 7.02 Å². The Morgan fingerprint density at radius 3 is 1.08 bits per heavy atom. The topological polar surface area (TPSA) is 0 Å². The van der Waals surface area contributed by atoms with Crippen LogP contribution in [0.15, 0.2) is 24.3 Å². The van der Waals surface area contributed by atoms with Crippen molar-refractivity contribution in [3.63, 3.8) is 0 Å². The van der Waals surface area contributed by atoms with Crippen LogP contribution in [0, 0.1) is 0 Å².